The van der Waals surface area contributed by atoms with Crippen LogP contribution in [0.5, 0.6) is 0 Å². The molecule has 1 amide bonds. The van der Waals surface area contributed by atoms with Crippen LogP contribution in [0, 0.1) is 0 Å². The van der Waals surface area contributed by atoms with E-state index < -0.39 is 26.6 Å². The molecule has 50 heavy (non-hydrogen) atoms. The maximum Gasteiger partial charge on any atom is 0.268 e. The molecule has 0 aromatic heterocycles. The Bertz CT molecular complexity index is 1090. The van der Waals surface area contributed by atoms with E-state index in [4.69, 9.17) is 9.05 Å². The number of likely N-dealkylation sites (N-methyl/N-ethyl adjacent to an activating group) is 1. The number of nitrogens with one attached hydrogen (secondary N) is 1. The first-order chi connectivity index (χ1) is 24.0. The van der Waals surface area contributed by atoms with Crippen molar-refractivity contribution in [2.24, 2.45) is 0 Å². The molecule has 0 saturated heterocycles. The number of phosphoric acid groups is 1. The second-order valence-electron chi connectivity index (χ2n) is 13.5. The highest BCUT2D eigenvalue weighted by Gasteiger charge is 2.23. The lowest BCUT2D eigenvalue weighted by molar-refractivity contribution is -0.870. The molecule has 0 aromatic carbocycles. The van der Waals surface area contributed by atoms with Crippen molar-refractivity contribution in [2.75, 3.05) is 40.9 Å². The van der Waals surface area contributed by atoms with E-state index >= 15 is 0 Å². The molecule has 286 valence electrons. The second kappa shape index (κ2) is 32.6. The predicted octanol–water partition coefficient (Wildman–Crippen LogP) is 9.21. The van der Waals surface area contributed by atoms with Gasteiger partial charge in [-0.2, -0.15) is 0 Å². The number of hydrogen-bond donors (Lipinski definition) is 2. The fourth-order valence-corrected chi connectivity index (χ4v) is 5.27. The quantitative estimate of drug-likeness (QED) is 0.0311. The van der Waals surface area contributed by atoms with Crippen molar-refractivity contribution in [1.82, 2.24) is 5.32 Å². The van der Waals surface area contributed by atoms with Crippen molar-refractivity contribution in [1.29, 1.82) is 0 Å². The van der Waals surface area contributed by atoms with Gasteiger partial charge in [-0.1, -0.05) is 118 Å². The number of aliphatic hydroxyl groups is 1. The number of carbonyl (C=O) groups is 1. The molecule has 0 saturated carbocycles. The molecule has 0 aliphatic heterocycles. The Labute approximate surface area is 306 Å². The molecule has 0 aromatic rings. The summed E-state index contributed by atoms with van der Waals surface area (Å²) in [6.07, 6.45) is 43.5. The summed E-state index contributed by atoms with van der Waals surface area (Å²) in [5.74, 6) is -0.248. The Balaban J connectivity index is 4.57. The monoisotopic (exact) mass is 719 g/mol. The summed E-state index contributed by atoms with van der Waals surface area (Å²) in [5.41, 5.74) is 0. The summed E-state index contributed by atoms with van der Waals surface area (Å²) in [6, 6.07) is -0.922. The summed E-state index contributed by atoms with van der Waals surface area (Å²) < 4.78 is 23.0. The van der Waals surface area contributed by atoms with E-state index in [2.05, 4.69) is 92.1 Å². The van der Waals surface area contributed by atoms with Crippen LogP contribution in [0.15, 0.2) is 85.1 Å². The zero-order chi connectivity index (χ0) is 37.2. The van der Waals surface area contributed by atoms with Crippen LogP contribution in [-0.4, -0.2) is 68.5 Å². The average Bonchev–Trinajstić information content (AvgIpc) is 3.06. The number of amides is 1. The number of phosphoric ester groups is 1. The van der Waals surface area contributed by atoms with Crippen LogP contribution in [0.2, 0.25) is 0 Å². The molecule has 0 aliphatic rings. The van der Waals surface area contributed by atoms with E-state index in [1.165, 1.54) is 19.3 Å². The molecule has 3 atom stereocenters. The van der Waals surface area contributed by atoms with Crippen LogP contribution in [0.3, 0.4) is 0 Å². The summed E-state index contributed by atoms with van der Waals surface area (Å²) >= 11 is 0. The maximum atomic E-state index is 12.7. The molecular weight excluding hydrogens is 647 g/mol. The molecule has 0 aliphatic carbocycles. The van der Waals surface area contributed by atoms with E-state index in [0.717, 1.165) is 70.6 Å². The molecule has 2 N–H and O–H groups in total. The van der Waals surface area contributed by atoms with Gasteiger partial charge in [-0.05, 0) is 77.0 Å². The molecule has 0 bridgehead atoms. The van der Waals surface area contributed by atoms with Gasteiger partial charge in [0, 0.05) is 6.42 Å². The predicted molar refractivity (Wildman–Crippen MR) is 210 cm³/mol. The fraction of sp³-hybridized carbons (Fsp3) is 0.634. The maximum absolute atomic E-state index is 12.7. The topological polar surface area (TPSA) is 108 Å². The summed E-state index contributed by atoms with van der Waals surface area (Å²) in [7, 11) is 1.20. The van der Waals surface area contributed by atoms with Gasteiger partial charge < -0.3 is 28.8 Å². The minimum absolute atomic E-state index is 0.0185. The normalized spacial score (nSPS) is 15.6. The molecule has 0 radical (unpaired) electrons. The first kappa shape index (κ1) is 47.7. The molecule has 8 nitrogen and oxygen atoms in total. The van der Waals surface area contributed by atoms with E-state index in [0.29, 0.717) is 17.4 Å². The van der Waals surface area contributed by atoms with Crippen molar-refractivity contribution in [3.8, 4) is 0 Å². The van der Waals surface area contributed by atoms with Crippen LogP contribution in [-0.2, 0) is 18.4 Å². The number of unbranched alkanes of at least 4 members (excludes halogenated alkanes) is 7. The molecule has 0 fully saturated rings. The number of aliphatic hydroxyl groups excluding tert-OH is 1. The SMILES string of the molecule is CC/C=C\C/C=C\C/C=C\C/C=C\C/C=C\CCCCCC(=O)NC(COP(=O)([O-])OCC[N+](C)(C)C)C(O)/C=C/CC/C=C/CCCCC. The standard InChI is InChI=1S/C41H71N2O6P/c1-6-8-10-12-14-16-17-18-19-20-21-22-23-24-25-27-29-31-33-35-41(45)42-39(38-49-50(46,47)48-37-36-43(3,4)5)40(44)34-32-30-28-26-15-13-11-9-7-2/h8,10,14-16,18-19,21-22,24-26,32,34,39-40,44H,6-7,9,11-13,17,20,23,27-31,33,35-38H2,1-5H3,(H-,42,45,46,47)/b10-8-,16-14-,19-18-,22-21-,25-24-,26-15+,34-32+. The van der Waals surface area contributed by atoms with Crippen LogP contribution < -0.4 is 10.2 Å². The van der Waals surface area contributed by atoms with E-state index in [9.17, 15) is 19.4 Å². The second-order valence-corrected chi connectivity index (χ2v) is 14.9. The summed E-state index contributed by atoms with van der Waals surface area (Å²) in [6.45, 7) is 4.38. The zero-order valence-electron chi connectivity index (χ0n) is 32.1. The Morgan fingerprint density at radius 3 is 1.82 bits per heavy atom. The number of carbonyl (C=O) groups excluding carboxylic acids is 1. The molecule has 0 spiro atoms. The van der Waals surface area contributed by atoms with Gasteiger partial charge in [0.2, 0.25) is 5.91 Å². The van der Waals surface area contributed by atoms with Gasteiger partial charge in [-0.15, -0.1) is 0 Å². The van der Waals surface area contributed by atoms with Crippen molar-refractivity contribution in [3.63, 3.8) is 0 Å². The highest BCUT2D eigenvalue weighted by molar-refractivity contribution is 7.45. The Kier molecular flexibility index (Phi) is 31.1. The number of quaternary nitrogens is 1. The van der Waals surface area contributed by atoms with Gasteiger partial charge in [0.15, 0.2) is 0 Å². The van der Waals surface area contributed by atoms with Crippen LogP contribution in [0.4, 0.5) is 0 Å². The highest BCUT2D eigenvalue weighted by Crippen LogP contribution is 2.38. The lowest BCUT2D eigenvalue weighted by Crippen LogP contribution is -2.45. The molecular formula is C41H71N2O6P. The Morgan fingerprint density at radius 2 is 1.24 bits per heavy atom. The average molecular weight is 719 g/mol. The number of rotatable bonds is 32. The molecule has 0 rings (SSSR count). The summed E-state index contributed by atoms with van der Waals surface area (Å²) in [4.78, 5) is 25.1. The van der Waals surface area contributed by atoms with Crippen molar-refractivity contribution in [3.05, 3.63) is 85.1 Å². The zero-order valence-corrected chi connectivity index (χ0v) is 32.9. The Hall–Kier alpha value is -2.32. The minimum Gasteiger partial charge on any atom is -0.756 e. The van der Waals surface area contributed by atoms with Crippen LogP contribution >= 0.6 is 7.82 Å². The number of hydrogen-bond acceptors (Lipinski definition) is 6. The van der Waals surface area contributed by atoms with Gasteiger partial charge in [-0.25, -0.2) is 0 Å². The molecule has 3 unspecified atom stereocenters. The summed E-state index contributed by atoms with van der Waals surface area (Å²) in [5, 5.41) is 13.6. The van der Waals surface area contributed by atoms with E-state index in [-0.39, 0.29) is 18.9 Å². The minimum atomic E-state index is -4.60. The van der Waals surface area contributed by atoms with Crippen molar-refractivity contribution < 1.29 is 32.9 Å². The van der Waals surface area contributed by atoms with Gasteiger partial charge in [0.25, 0.3) is 7.82 Å². The van der Waals surface area contributed by atoms with Gasteiger partial charge >= 0.3 is 0 Å². The number of nitrogens with zero attached hydrogens (tertiary/aromatic N) is 1. The fourth-order valence-electron chi connectivity index (χ4n) is 4.54. The van der Waals surface area contributed by atoms with Gasteiger partial charge in [-0.3, -0.25) is 9.36 Å². The van der Waals surface area contributed by atoms with Crippen molar-refractivity contribution in [2.45, 2.75) is 129 Å². The largest absolute Gasteiger partial charge is 0.756 e. The van der Waals surface area contributed by atoms with Crippen molar-refractivity contribution >= 4 is 13.7 Å². The first-order valence-corrected chi connectivity index (χ1v) is 20.4. The third-order valence-corrected chi connectivity index (χ3v) is 8.55. The first-order valence-electron chi connectivity index (χ1n) is 18.9. The smallest absolute Gasteiger partial charge is 0.268 e. The van der Waals surface area contributed by atoms with E-state index in [1.807, 2.05) is 27.2 Å². The van der Waals surface area contributed by atoms with Gasteiger partial charge in [0.05, 0.1) is 39.9 Å². The van der Waals surface area contributed by atoms with Gasteiger partial charge in [0.1, 0.15) is 13.2 Å². The third kappa shape index (κ3) is 34.1. The molecule has 0 heterocycles. The Morgan fingerprint density at radius 1 is 0.720 bits per heavy atom. The molecule has 9 heteroatoms. The number of allylic oxidation sites excluding steroid dienone is 13. The lowest BCUT2D eigenvalue weighted by Gasteiger charge is -2.29. The highest BCUT2D eigenvalue weighted by atomic mass is 31.2. The van der Waals surface area contributed by atoms with E-state index in [1.54, 1.807) is 6.08 Å². The lowest BCUT2D eigenvalue weighted by atomic mass is 10.1. The van der Waals surface area contributed by atoms with Crippen LogP contribution in [0.25, 0.3) is 0 Å². The van der Waals surface area contributed by atoms with Crippen LogP contribution in [0.1, 0.15) is 117 Å². The third-order valence-electron chi connectivity index (χ3n) is 7.59.